The summed E-state index contributed by atoms with van der Waals surface area (Å²) in [5.41, 5.74) is 1.37. The van der Waals surface area contributed by atoms with Gasteiger partial charge in [0.2, 0.25) is 0 Å². The summed E-state index contributed by atoms with van der Waals surface area (Å²) < 4.78 is 5.16. The molecule has 5 heteroatoms. The lowest BCUT2D eigenvalue weighted by atomic mass is 9.96. The van der Waals surface area contributed by atoms with Crippen molar-refractivity contribution in [3.05, 3.63) is 65.7 Å². The third-order valence-electron chi connectivity index (χ3n) is 4.02. The van der Waals surface area contributed by atoms with Crippen molar-refractivity contribution < 1.29 is 19.4 Å². The summed E-state index contributed by atoms with van der Waals surface area (Å²) in [7, 11) is 0. The number of aromatic hydroxyl groups is 1. The third kappa shape index (κ3) is 5.35. The van der Waals surface area contributed by atoms with Crippen LogP contribution >= 0.6 is 0 Å². The van der Waals surface area contributed by atoms with Gasteiger partial charge >= 0.3 is 5.97 Å². The zero-order valence-electron chi connectivity index (χ0n) is 14.4. The van der Waals surface area contributed by atoms with Crippen molar-refractivity contribution in [2.24, 2.45) is 0 Å². The molecular formula is C20H23NO4. The van der Waals surface area contributed by atoms with Crippen LogP contribution in [0.1, 0.15) is 42.1 Å². The Morgan fingerprint density at radius 3 is 2.48 bits per heavy atom. The largest absolute Gasteiger partial charge is 0.508 e. The second-order valence-electron chi connectivity index (χ2n) is 5.86. The molecule has 1 amide bonds. The molecule has 0 spiro atoms. The highest BCUT2D eigenvalue weighted by Crippen LogP contribution is 2.18. The Labute approximate surface area is 147 Å². The average molecular weight is 341 g/mol. The van der Waals surface area contributed by atoms with Gasteiger partial charge in [-0.2, -0.15) is 0 Å². The van der Waals surface area contributed by atoms with Gasteiger partial charge in [-0.25, -0.2) is 4.79 Å². The van der Waals surface area contributed by atoms with Crippen LogP contribution in [0.15, 0.2) is 54.6 Å². The molecule has 5 nitrogen and oxygen atoms in total. The van der Waals surface area contributed by atoms with E-state index < -0.39 is 12.1 Å². The molecule has 0 bridgehead atoms. The number of carbonyl (C=O) groups excluding carboxylic acids is 2. The lowest BCUT2D eigenvalue weighted by Gasteiger charge is -2.18. The molecule has 0 unspecified atom stereocenters. The quantitative estimate of drug-likeness (QED) is 0.758. The first kappa shape index (κ1) is 18.5. The highest BCUT2D eigenvalue weighted by atomic mass is 16.5. The monoisotopic (exact) mass is 341 g/mol. The van der Waals surface area contributed by atoms with Crippen LogP contribution in [-0.2, 0) is 9.53 Å². The van der Waals surface area contributed by atoms with Crippen LogP contribution in [-0.4, -0.2) is 29.6 Å². The SMILES string of the molecule is CC[C@H](CNC(=O)[C@@H](C)OC(=O)c1cccc(O)c1)c1ccccc1. The Hall–Kier alpha value is -2.82. The van der Waals surface area contributed by atoms with Gasteiger partial charge in [0.15, 0.2) is 6.10 Å². The molecule has 0 aliphatic carbocycles. The number of amides is 1. The van der Waals surface area contributed by atoms with E-state index in [0.717, 1.165) is 12.0 Å². The van der Waals surface area contributed by atoms with Gasteiger partial charge in [-0.15, -0.1) is 0 Å². The van der Waals surface area contributed by atoms with Crippen LogP contribution < -0.4 is 5.32 Å². The molecule has 2 aromatic rings. The summed E-state index contributed by atoms with van der Waals surface area (Å²) >= 11 is 0. The second-order valence-corrected chi connectivity index (χ2v) is 5.86. The minimum Gasteiger partial charge on any atom is -0.508 e. The standard InChI is InChI=1S/C20H23NO4/c1-3-15(16-8-5-4-6-9-16)13-21-19(23)14(2)25-20(24)17-10-7-11-18(22)12-17/h4-12,14-15,22H,3,13H2,1-2H3,(H,21,23)/t14-,15-/m1/s1. The fourth-order valence-electron chi connectivity index (χ4n) is 2.51. The van der Waals surface area contributed by atoms with Crippen molar-refractivity contribution in [3.8, 4) is 5.75 Å². The van der Waals surface area contributed by atoms with Crippen LogP contribution in [0.25, 0.3) is 0 Å². The number of rotatable bonds is 7. The minimum absolute atomic E-state index is 0.0276. The summed E-state index contributed by atoms with van der Waals surface area (Å²) in [5.74, 6) is -0.809. The summed E-state index contributed by atoms with van der Waals surface area (Å²) in [5, 5.41) is 12.2. The molecule has 0 aliphatic rings. The zero-order chi connectivity index (χ0) is 18.2. The molecule has 0 fully saturated rings. The van der Waals surface area contributed by atoms with Crippen LogP contribution in [0, 0.1) is 0 Å². The van der Waals surface area contributed by atoms with Crippen molar-refractivity contribution >= 4 is 11.9 Å². The molecule has 0 saturated carbocycles. The van der Waals surface area contributed by atoms with E-state index in [1.165, 1.54) is 25.1 Å². The number of phenolic OH excluding ortho intramolecular Hbond substituents is 1. The Kier molecular flexibility index (Phi) is 6.57. The van der Waals surface area contributed by atoms with Crippen LogP contribution in [0.5, 0.6) is 5.75 Å². The molecule has 0 radical (unpaired) electrons. The number of hydrogen-bond donors (Lipinski definition) is 2. The van der Waals surface area contributed by atoms with Gasteiger partial charge in [0.25, 0.3) is 5.91 Å². The van der Waals surface area contributed by atoms with Gasteiger partial charge < -0.3 is 15.2 Å². The first-order valence-corrected chi connectivity index (χ1v) is 8.34. The van der Waals surface area contributed by atoms with Crippen molar-refractivity contribution in [2.45, 2.75) is 32.3 Å². The summed E-state index contributed by atoms with van der Waals surface area (Å²) in [4.78, 5) is 24.2. The van der Waals surface area contributed by atoms with Gasteiger partial charge in [-0.3, -0.25) is 4.79 Å². The first-order valence-electron chi connectivity index (χ1n) is 8.34. The maximum atomic E-state index is 12.2. The lowest BCUT2D eigenvalue weighted by molar-refractivity contribution is -0.129. The summed E-state index contributed by atoms with van der Waals surface area (Å²) in [6.45, 7) is 4.07. The highest BCUT2D eigenvalue weighted by Gasteiger charge is 2.20. The Balaban J connectivity index is 1.88. The van der Waals surface area contributed by atoms with E-state index in [1.807, 2.05) is 30.3 Å². The van der Waals surface area contributed by atoms with Crippen LogP contribution in [0.2, 0.25) is 0 Å². The van der Waals surface area contributed by atoms with Gasteiger partial charge in [0.1, 0.15) is 5.75 Å². The smallest absolute Gasteiger partial charge is 0.339 e. The van der Waals surface area contributed by atoms with E-state index in [2.05, 4.69) is 12.2 Å². The molecule has 2 rings (SSSR count). The fraction of sp³-hybridized carbons (Fsp3) is 0.300. The lowest BCUT2D eigenvalue weighted by Crippen LogP contribution is -2.38. The number of carbonyl (C=O) groups is 2. The highest BCUT2D eigenvalue weighted by molar-refractivity contribution is 5.92. The normalized spacial score (nSPS) is 12.9. The number of benzene rings is 2. The van der Waals surface area contributed by atoms with E-state index in [1.54, 1.807) is 6.07 Å². The fourth-order valence-corrected chi connectivity index (χ4v) is 2.51. The van der Waals surface area contributed by atoms with Crippen molar-refractivity contribution in [3.63, 3.8) is 0 Å². The molecule has 132 valence electrons. The van der Waals surface area contributed by atoms with E-state index in [9.17, 15) is 14.7 Å². The Morgan fingerprint density at radius 2 is 1.84 bits per heavy atom. The van der Waals surface area contributed by atoms with E-state index >= 15 is 0 Å². The Bertz CT molecular complexity index is 715. The van der Waals surface area contributed by atoms with E-state index in [4.69, 9.17) is 4.74 Å². The Morgan fingerprint density at radius 1 is 1.12 bits per heavy atom. The molecule has 2 aromatic carbocycles. The van der Waals surface area contributed by atoms with Crippen LogP contribution in [0.3, 0.4) is 0 Å². The van der Waals surface area contributed by atoms with Crippen molar-refractivity contribution in [2.75, 3.05) is 6.54 Å². The van der Waals surface area contributed by atoms with Gasteiger partial charge in [0, 0.05) is 12.5 Å². The van der Waals surface area contributed by atoms with Crippen molar-refractivity contribution in [1.29, 1.82) is 0 Å². The molecule has 0 saturated heterocycles. The van der Waals surface area contributed by atoms with E-state index in [0.29, 0.717) is 6.54 Å². The molecule has 0 aromatic heterocycles. The molecule has 25 heavy (non-hydrogen) atoms. The topological polar surface area (TPSA) is 75.6 Å². The second kappa shape index (κ2) is 8.87. The zero-order valence-corrected chi connectivity index (χ0v) is 14.4. The van der Waals surface area contributed by atoms with Crippen LogP contribution in [0.4, 0.5) is 0 Å². The number of ether oxygens (including phenoxy) is 1. The summed E-state index contributed by atoms with van der Waals surface area (Å²) in [6, 6.07) is 15.8. The molecule has 0 heterocycles. The first-order chi connectivity index (χ1) is 12.0. The van der Waals surface area contributed by atoms with Gasteiger partial charge in [-0.1, -0.05) is 43.3 Å². The van der Waals surface area contributed by atoms with Gasteiger partial charge in [-0.05, 0) is 37.1 Å². The average Bonchev–Trinajstić information content (AvgIpc) is 2.62. The minimum atomic E-state index is -0.914. The summed E-state index contributed by atoms with van der Waals surface area (Å²) in [6.07, 6.45) is -0.0231. The molecule has 0 aliphatic heterocycles. The maximum absolute atomic E-state index is 12.2. The molecular weight excluding hydrogens is 318 g/mol. The number of nitrogens with one attached hydrogen (secondary N) is 1. The predicted molar refractivity (Wildman–Crippen MR) is 95.5 cm³/mol. The number of hydrogen-bond acceptors (Lipinski definition) is 4. The maximum Gasteiger partial charge on any atom is 0.339 e. The van der Waals surface area contributed by atoms with Gasteiger partial charge in [0.05, 0.1) is 5.56 Å². The number of esters is 1. The predicted octanol–water partition coefficient (Wildman–Crippen LogP) is 3.25. The van der Waals surface area contributed by atoms with E-state index in [-0.39, 0.29) is 23.1 Å². The molecule has 2 N–H and O–H groups in total. The van der Waals surface area contributed by atoms with Crippen molar-refractivity contribution in [1.82, 2.24) is 5.32 Å². The number of phenols is 1. The molecule has 2 atom stereocenters. The third-order valence-corrected chi connectivity index (χ3v) is 4.02.